The van der Waals surface area contributed by atoms with E-state index in [1.165, 1.54) is 19.3 Å². The first-order valence-corrected chi connectivity index (χ1v) is 7.12. The van der Waals surface area contributed by atoms with E-state index >= 15 is 0 Å². The third-order valence-corrected chi connectivity index (χ3v) is 5.02. The molecular weight excluding hydrogens is 264 g/mol. The Bertz CT molecular complexity index is 719. The van der Waals surface area contributed by atoms with Crippen LogP contribution in [0, 0.1) is 11.8 Å². The number of nitrogens with zero attached hydrogens (tertiary/aromatic N) is 4. The fraction of sp³-hybridized carbons (Fsp3) is 0.615. The molecule has 2 aromatic heterocycles. The Hall–Kier alpha value is -1.36. The molecule has 2 saturated carbocycles. The van der Waals surface area contributed by atoms with Crippen LogP contribution in [0.15, 0.2) is 11.0 Å². The average molecular weight is 279 g/mol. The van der Waals surface area contributed by atoms with Gasteiger partial charge in [-0.2, -0.15) is 4.98 Å². The number of halogens is 1. The minimum absolute atomic E-state index is 0.00381. The Morgan fingerprint density at radius 2 is 2.21 bits per heavy atom. The van der Waals surface area contributed by atoms with Crippen LogP contribution in [0.2, 0.25) is 5.28 Å². The van der Waals surface area contributed by atoms with E-state index in [9.17, 15) is 4.79 Å². The molecule has 0 saturated heterocycles. The topological polar surface area (TPSA) is 52.7 Å². The zero-order valence-corrected chi connectivity index (χ0v) is 11.5. The summed E-state index contributed by atoms with van der Waals surface area (Å²) in [5, 5.41) is 0.204. The molecule has 0 aliphatic heterocycles. The van der Waals surface area contributed by atoms with Gasteiger partial charge < -0.3 is 0 Å². The highest BCUT2D eigenvalue weighted by atomic mass is 35.5. The third kappa shape index (κ3) is 1.51. The van der Waals surface area contributed by atoms with Gasteiger partial charge in [-0.15, -0.1) is 0 Å². The van der Waals surface area contributed by atoms with Crippen LogP contribution >= 0.6 is 11.6 Å². The molecule has 4 rings (SSSR count). The van der Waals surface area contributed by atoms with Gasteiger partial charge in [0.25, 0.3) is 0 Å². The molecular formula is C13H15ClN4O. The van der Waals surface area contributed by atoms with E-state index in [1.807, 2.05) is 4.57 Å². The third-order valence-electron chi connectivity index (χ3n) is 4.84. The van der Waals surface area contributed by atoms with Crippen LogP contribution in [-0.4, -0.2) is 19.1 Å². The van der Waals surface area contributed by atoms with E-state index in [1.54, 1.807) is 17.8 Å². The largest absolute Gasteiger partial charge is 0.330 e. The summed E-state index contributed by atoms with van der Waals surface area (Å²) in [6, 6.07) is 0.293. The maximum atomic E-state index is 12.5. The van der Waals surface area contributed by atoms with Crippen LogP contribution in [0.25, 0.3) is 11.2 Å². The lowest BCUT2D eigenvalue weighted by Crippen LogP contribution is -2.29. The molecule has 2 bridgehead atoms. The lowest BCUT2D eigenvalue weighted by Gasteiger charge is -2.22. The van der Waals surface area contributed by atoms with E-state index in [-0.39, 0.29) is 11.0 Å². The number of hydrogen-bond donors (Lipinski definition) is 0. The zero-order valence-electron chi connectivity index (χ0n) is 10.7. The van der Waals surface area contributed by atoms with Crippen LogP contribution in [0.4, 0.5) is 0 Å². The maximum absolute atomic E-state index is 12.5. The normalized spacial score (nSPS) is 29.5. The second-order valence-corrected chi connectivity index (χ2v) is 6.14. The first-order valence-electron chi connectivity index (χ1n) is 6.74. The minimum atomic E-state index is 0.00381. The smallest absolute Gasteiger partial charge is 0.292 e. The van der Waals surface area contributed by atoms with Crippen LogP contribution in [-0.2, 0) is 7.05 Å². The standard InChI is InChI=1S/C13H15ClN4O/c1-17-10-6-15-12(14)16-11(10)18(13(17)19)9-5-7-2-3-8(9)4-7/h6-9H,2-5H2,1H3. The molecule has 2 heterocycles. The molecule has 100 valence electrons. The highest BCUT2D eigenvalue weighted by molar-refractivity contribution is 6.28. The Balaban J connectivity index is 1.96. The Kier molecular flexibility index (Phi) is 2.31. The molecule has 3 atom stereocenters. The highest BCUT2D eigenvalue weighted by Gasteiger charge is 2.42. The molecule has 19 heavy (non-hydrogen) atoms. The van der Waals surface area contributed by atoms with E-state index in [2.05, 4.69) is 9.97 Å². The number of rotatable bonds is 1. The Labute approximate surface area is 115 Å². The van der Waals surface area contributed by atoms with Gasteiger partial charge in [0.2, 0.25) is 5.28 Å². The molecule has 2 aliphatic carbocycles. The van der Waals surface area contributed by atoms with Crippen molar-refractivity contribution in [3.63, 3.8) is 0 Å². The van der Waals surface area contributed by atoms with Crippen LogP contribution in [0.3, 0.4) is 0 Å². The summed E-state index contributed by atoms with van der Waals surface area (Å²) in [6.07, 6.45) is 6.54. The van der Waals surface area contributed by atoms with Gasteiger partial charge >= 0.3 is 5.69 Å². The summed E-state index contributed by atoms with van der Waals surface area (Å²) in [5.41, 5.74) is 1.45. The van der Waals surface area contributed by atoms with Crippen LogP contribution in [0.5, 0.6) is 0 Å². The molecule has 0 aromatic carbocycles. The molecule has 3 unspecified atom stereocenters. The van der Waals surface area contributed by atoms with Crippen LogP contribution in [0.1, 0.15) is 31.7 Å². The van der Waals surface area contributed by atoms with Crippen molar-refractivity contribution >= 4 is 22.8 Å². The maximum Gasteiger partial charge on any atom is 0.330 e. The molecule has 0 radical (unpaired) electrons. The van der Waals surface area contributed by atoms with Gasteiger partial charge in [0.05, 0.1) is 6.20 Å². The van der Waals surface area contributed by atoms with Gasteiger partial charge in [0.15, 0.2) is 5.65 Å². The molecule has 5 nitrogen and oxygen atoms in total. The highest BCUT2D eigenvalue weighted by Crippen LogP contribution is 2.50. The lowest BCUT2D eigenvalue weighted by atomic mass is 9.95. The summed E-state index contributed by atoms with van der Waals surface area (Å²) in [6.45, 7) is 0. The van der Waals surface area contributed by atoms with E-state index in [4.69, 9.17) is 11.6 Å². The summed E-state index contributed by atoms with van der Waals surface area (Å²) in [5.74, 6) is 1.41. The van der Waals surface area contributed by atoms with Crippen molar-refractivity contribution < 1.29 is 0 Å². The van der Waals surface area contributed by atoms with Crippen molar-refractivity contribution in [3.05, 3.63) is 22.0 Å². The van der Waals surface area contributed by atoms with Gasteiger partial charge in [0.1, 0.15) is 5.52 Å². The summed E-state index contributed by atoms with van der Waals surface area (Å²) >= 11 is 5.89. The number of aryl methyl sites for hydroxylation is 1. The molecule has 0 amide bonds. The molecule has 6 heteroatoms. The zero-order chi connectivity index (χ0) is 13.1. The fourth-order valence-corrected chi connectivity index (χ4v) is 4.07. The minimum Gasteiger partial charge on any atom is -0.292 e. The lowest BCUT2D eigenvalue weighted by molar-refractivity contribution is 0.327. The molecule has 2 aromatic rings. The van der Waals surface area contributed by atoms with Gasteiger partial charge in [-0.3, -0.25) is 9.13 Å². The van der Waals surface area contributed by atoms with Crippen molar-refractivity contribution in [1.29, 1.82) is 0 Å². The summed E-state index contributed by atoms with van der Waals surface area (Å²) in [7, 11) is 1.77. The van der Waals surface area contributed by atoms with E-state index in [0.29, 0.717) is 17.6 Å². The van der Waals surface area contributed by atoms with Crippen molar-refractivity contribution in [2.45, 2.75) is 31.7 Å². The predicted molar refractivity (Wildman–Crippen MR) is 72.3 cm³/mol. The SMILES string of the molecule is Cn1c(=O)n(C2CC3CCC2C3)c2nc(Cl)ncc21. The number of imidazole rings is 1. The molecule has 0 N–H and O–H groups in total. The van der Waals surface area contributed by atoms with Crippen molar-refractivity contribution in [1.82, 2.24) is 19.1 Å². The molecule has 0 spiro atoms. The second-order valence-electron chi connectivity index (χ2n) is 5.80. The number of hydrogen-bond acceptors (Lipinski definition) is 3. The Morgan fingerprint density at radius 3 is 2.89 bits per heavy atom. The summed E-state index contributed by atoms with van der Waals surface area (Å²) in [4.78, 5) is 20.7. The van der Waals surface area contributed by atoms with Crippen molar-refractivity contribution in [2.24, 2.45) is 18.9 Å². The monoisotopic (exact) mass is 278 g/mol. The van der Waals surface area contributed by atoms with E-state index < -0.39 is 0 Å². The van der Waals surface area contributed by atoms with Gasteiger partial charge in [0, 0.05) is 13.1 Å². The molecule has 2 fully saturated rings. The van der Waals surface area contributed by atoms with Gasteiger partial charge in [-0.25, -0.2) is 9.78 Å². The first-order chi connectivity index (χ1) is 9.15. The Morgan fingerprint density at radius 1 is 1.37 bits per heavy atom. The number of aromatic nitrogens is 4. The van der Waals surface area contributed by atoms with Crippen molar-refractivity contribution in [2.75, 3.05) is 0 Å². The van der Waals surface area contributed by atoms with Crippen LogP contribution < -0.4 is 5.69 Å². The van der Waals surface area contributed by atoms with E-state index in [0.717, 1.165) is 17.9 Å². The van der Waals surface area contributed by atoms with Crippen molar-refractivity contribution in [3.8, 4) is 0 Å². The average Bonchev–Trinajstić information content (AvgIpc) is 3.05. The first kappa shape index (κ1) is 11.5. The molecule has 2 aliphatic rings. The second kappa shape index (κ2) is 3.82. The predicted octanol–water partition coefficient (Wildman–Crippen LogP) is 2.14. The van der Waals surface area contributed by atoms with Gasteiger partial charge in [-0.05, 0) is 42.7 Å². The summed E-state index contributed by atoms with van der Waals surface area (Å²) < 4.78 is 3.48. The quantitative estimate of drug-likeness (QED) is 0.751. The fourth-order valence-electron chi connectivity index (χ4n) is 3.94. The number of fused-ring (bicyclic) bond motifs is 3. The van der Waals surface area contributed by atoms with Gasteiger partial charge in [-0.1, -0.05) is 6.42 Å².